The number of rotatable bonds is 0. The summed E-state index contributed by atoms with van der Waals surface area (Å²) in [5.74, 6) is 6.62. The Morgan fingerprint density at radius 2 is 0.857 bits per heavy atom. The van der Waals surface area contributed by atoms with E-state index in [1.807, 2.05) is 0 Å². The molecule has 0 bridgehead atoms. The van der Waals surface area contributed by atoms with Crippen molar-refractivity contribution in [3.05, 3.63) is 0 Å². The van der Waals surface area contributed by atoms with Crippen molar-refractivity contribution < 1.29 is 4.74 Å². The fraction of sp³-hybridized carbons (Fsp3) is 1.00. The van der Waals surface area contributed by atoms with Gasteiger partial charge >= 0.3 is 0 Å². The van der Waals surface area contributed by atoms with E-state index in [1.165, 1.54) is 88.6 Å². The van der Waals surface area contributed by atoms with Crippen LogP contribution < -0.4 is 0 Å². The molecule has 8 unspecified atom stereocenters. The minimum atomic E-state index is 0.939. The van der Waals surface area contributed by atoms with Gasteiger partial charge in [0, 0.05) is 32.5 Å². The van der Waals surface area contributed by atoms with Crippen LogP contribution in [-0.4, -0.2) is 45.7 Å². The molecule has 0 aromatic carbocycles. The quantitative estimate of drug-likeness (QED) is 0.405. The Morgan fingerprint density at radius 3 is 1.29 bits per heavy atom. The van der Waals surface area contributed by atoms with Crippen LogP contribution in [0.4, 0.5) is 0 Å². The fourth-order valence-corrected chi connectivity index (χ4v) is 12.9. The average molecular weight is 441 g/mol. The molecule has 1 aliphatic heterocycles. The molecule has 1 nitrogen and oxygen atoms in total. The summed E-state index contributed by atoms with van der Waals surface area (Å²) in [7, 11) is 0. The monoisotopic (exact) mass is 440 g/mol. The predicted molar refractivity (Wildman–Crippen MR) is 128 cm³/mol. The van der Waals surface area contributed by atoms with E-state index in [1.54, 1.807) is 0 Å². The lowest BCUT2D eigenvalue weighted by atomic mass is 9.66. The zero-order chi connectivity index (χ0) is 18.8. The van der Waals surface area contributed by atoms with Gasteiger partial charge in [0.15, 0.2) is 0 Å². The van der Waals surface area contributed by atoms with Gasteiger partial charge < -0.3 is 4.74 Å². The normalized spacial score (nSPS) is 48.0. The molecule has 0 aromatic heterocycles. The van der Waals surface area contributed by atoms with Crippen molar-refractivity contribution >= 4 is 35.3 Å². The number of thioether (sulfide) groups is 3. The van der Waals surface area contributed by atoms with Crippen LogP contribution in [0.15, 0.2) is 0 Å². The highest BCUT2D eigenvalue weighted by atomic mass is 32.2. The number of hydrogen-bond donors (Lipinski definition) is 0. The maximum Gasteiger partial charge on any atom is 0.0557 e. The molecule has 0 spiro atoms. The van der Waals surface area contributed by atoms with Crippen molar-refractivity contribution in [3.63, 3.8) is 0 Å². The molecule has 5 fully saturated rings. The van der Waals surface area contributed by atoms with Crippen molar-refractivity contribution in [2.75, 3.05) is 24.7 Å². The number of ether oxygens (including phenoxy) is 1. The zero-order valence-electron chi connectivity index (χ0n) is 17.6. The van der Waals surface area contributed by atoms with E-state index >= 15 is 0 Å². The Hall–Kier alpha value is 1.01. The van der Waals surface area contributed by atoms with Crippen LogP contribution in [0.1, 0.15) is 77.0 Å². The summed E-state index contributed by atoms with van der Waals surface area (Å²) >= 11 is 7.12. The minimum Gasteiger partial charge on any atom is -0.380 e. The maximum absolute atomic E-state index is 6.03. The van der Waals surface area contributed by atoms with Gasteiger partial charge in [-0.2, -0.15) is 35.3 Å². The molecule has 0 radical (unpaired) electrons. The highest BCUT2D eigenvalue weighted by Crippen LogP contribution is 2.61. The first-order valence-corrected chi connectivity index (χ1v) is 15.4. The molecular weight excluding hydrogens is 400 g/mol. The van der Waals surface area contributed by atoms with E-state index in [2.05, 4.69) is 35.3 Å². The molecule has 28 heavy (non-hydrogen) atoms. The molecule has 5 aliphatic rings. The Kier molecular flexibility index (Phi) is 7.52. The van der Waals surface area contributed by atoms with Gasteiger partial charge in [-0.05, 0) is 49.4 Å². The zero-order valence-corrected chi connectivity index (χ0v) is 20.0. The summed E-state index contributed by atoms with van der Waals surface area (Å²) in [6.07, 6.45) is 18.1. The molecule has 4 aliphatic carbocycles. The van der Waals surface area contributed by atoms with Gasteiger partial charge in [-0.3, -0.25) is 0 Å². The van der Waals surface area contributed by atoms with Crippen molar-refractivity contribution in [2.45, 2.75) is 98.0 Å². The van der Waals surface area contributed by atoms with Crippen LogP contribution in [-0.2, 0) is 4.74 Å². The van der Waals surface area contributed by atoms with E-state index in [-0.39, 0.29) is 0 Å². The summed E-state index contributed by atoms with van der Waals surface area (Å²) < 4.78 is 6.03. The molecule has 0 N–H and O–H groups in total. The summed E-state index contributed by atoms with van der Waals surface area (Å²) in [4.78, 5) is 0. The average Bonchev–Trinajstić information content (AvgIpc) is 2.65. The molecular formula is C24H40OS3. The van der Waals surface area contributed by atoms with Crippen LogP contribution in [0.5, 0.6) is 0 Å². The molecule has 5 rings (SSSR count). The van der Waals surface area contributed by atoms with Crippen molar-refractivity contribution in [2.24, 2.45) is 23.7 Å². The lowest BCUT2D eigenvalue weighted by Gasteiger charge is -2.59. The van der Waals surface area contributed by atoms with E-state index in [9.17, 15) is 0 Å². The lowest BCUT2D eigenvalue weighted by molar-refractivity contribution is 0.138. The molecule has 1 saturated heterocycles. The van der Waals surface area contributed by atoms with E-state index in [0.29, 0.717) is 0 Å². The smallest absolute Gasteiger partial charge is 0.0557 e. The topological polar surface area (TPSA) is 9.23 Å². The highest BCUT2D eigenvalue weighted by molar-refractivity contribution is 8.06. The standard InChI is InChI=1S/C24H40OS3/c1-3-7-11-19-17(9-5-1)21-23(19)28-24-20-12-8-4-2-6-10-18(20)22(24)27-16-14-25-13-15-26-21/h17-24H,1-16H2. The molecule has 4 saturated carbocycles. The summed E-state index contributed by atoms with van der Waals surface area (Å²) in [6, 6.07) is 0. The maximum atomic E-state index is 6.03. The third-order valence-electron chi connectivity index (χ3n) is 8.48. The highest BCUT2D eigenvalue weighted by Gasteiger charge is 2.56. The van der Waals surface area contributed by atoms with Crippen molar-refractivity contribution in [3.8, 4) is 0 Å². The largest absolute Gasteiger partial charge is 0.380 e. The second-order valence-electron chi connectivity index (χ2n) is 9.99. The molecule has 0 aromatic rings. The van der Waals surface area contributed by atoms with Gasteiger partial charge in [0.1, 0.15) is 0 Å². The van der Waals surface area contributed by atoms with E-state index in [4.69, 9.17) is 4.74 Å². The minimum absolute atomic E-state index is 0.939. The second kappa shape index (κ2) is 10.1. The van der Waals surface area contributed by atoms with Gasteiger partial charge in [0.2, 0.25) is 0 Å². The van der Waals surface area contributed by atoms with Crippen molar-refractivity contribution in [1.82, 2.24) is 0 Å². The molecule has 1 heterocycles. The first kappa shape index (κ1) is 20.9. The first-order chi connectivity index (χ1) is 13.9. The fourth-order valence-electron chi connectivity index (χ4n) is 6.96. The first-order valence-electron chi connectivity index (χ1n) is 12.4. The number of hydrogen-bond acceptors (Lipinski definition) is 4. The van der Waals surface area contributed by atoms with E-state index < -0.39 is 0 Å². The van der Waals surface area contributed by atoms with Crippen LogP contribution in [0.25, 0.3) is 0 Å². The van der Waals surface area contributed by atoms with Gasteiger partial charge in [-0.1, -0.05) is 51.4 Å². The summed E-state index contributed by atoms with van der Waals surface area (Å²) in [5, 5.41) is 3.81. The third kappa shape index (κ3) is 4.32. The van der Waals surface area contributed by atoms with Gasteiger partial charge in [0.25, 0.3) is 0 Å². The van der Waals surface area contributed by atoms with Gasteiger partial charge in [-0.25, -0.2) is 0 Å². The molecule has 0 amide bonds. The van der Waals surface area contributed by atoms with Crippen LogP contribution >= 0.6 is 35.3 Å². The van der Waals surface area contributed by atoms with Gasteiger partial charge in [-0.15, -0.1) is 0 Å². The Balaban J connectivity index is 1.32. The second-order valence-corrected chi connectivity index (χ2v) is 13.9. The number of fused-ring (bicyclic) bond motifs is 8. The Morgan fingerprint density at radius 1 is 0.464 bits per heavy atom. The van der Waals surface area contributed by atoms with Gasteiger partial charge in [0.05, 0.1) is 13.2 Å². The predicted octanol–water partition coefficient (Wildman–Crippen LogP) is 6.89. The summed E-state index contributed by atoms with van der Waals surface area (Å²) in [6.45, 7) is 1.97. The van der Waals surface area contributed by atoms with Crippen LogP contribution in [0.2, 0.25) is 0 Å². The Bertz CT molecular complexity index is 458. The Labute approximate surface area is 186 Å². The van der Waals surface area contributed by atoms with Crippen molar-refractivity contribution in [1.29, 1.82) is 0 Å². The SMILES string of the molecule is C1CCCC2C(CC1)C1SCCOCCSC3C4CCCCCCC4C3SC21. The molecule has 4 heteroatoms. The molecule has 8 atom stereocenters. The molecule has 160 valence electrons. The van der Waals surface area contributed by atoms with E-state index in [0.717, 1.165) is 57.9 Å². The van der Waals surface area contributed by atoms with Crippen LogP contribution in [0, 0.1) is 23.7 Å². The summed E-state index contributed by atoms with van der Waals surface area (Å²) in [5.41, 5.74) is 0. The third-order valence-corrected chi connectivity index (χ3v) is 13.6. The lowest BCUT2D eigenvalue weighted by Crippen LogP contribution is -2.58. The van der Waals surface area contributed by atoms with Crippen LogP contribution in [0.3, 0.4) is 0 Å².